The number of rotatable bonds is 7. The number of hydrogen-bond donors (Lipinski definition) is 1. The molecule has 1 aliphatic carbocycles. The highest BCUT2D eigenvalue weighted by Gasteiger charge is 2.48. The van der Waals surface area contributed by atoms with E-state index in [0.29, 0.717) is 12.8 Å². The highest BCUT2D eigenvalue weighted by molar-refractivity contribution is 6.07. The van der Waals surface area contributed by atoms with Crippen LogP contribution in [0.4, 0.5) is 14.5 Å². The number of hydrogen-bond acceptors (Lipinski definition) is 6. The molecule has 0 bridgehead atoms. The van der Waals surface area contributed by atoms with Crippen LogP contribution in [0.3, 0.4) is 0 Å². The van der Waals surface area contributed by atoms with Crippen LogP contribution >= 0.6 is 0 Å². The minimum absolute atomic E-state index is 0.0113. The van der Waals surface area contributed by atoms with Gasteiger partial charge in [-0.05, 0) is 25.0 Å². The van der Waals surface area contributed by atoms with Crippen molar-refractivity contribution in [1.29, 1.82) is 0 Å². The molecule has 0 aromatic heterocycles. The number of nitrogens with one attached hydrogen (secondary N) is 1. The summed E-state index contributed by atoms with van der Waals surface area (Å²) in [6, 6.07) is 5.55. The van der Waals surface area contributed by atoms with Crippen molar-refractivity contribution in [3.8, 4) is 5.75 Å². The molecule has 1 heterocycles. The van der Waals surface area contributed by atoms with Gasteiger partial charge in [0.25, 0.3) is 5.91 Å². The first-order chi connectivity index (χ1) is 13.9. The van der Waals surface area contributed by atoms with Gasteiger partial charge in [0.1, 0.15) is 12.3 Å². The van der Waals surface area contributed by atoms with Crippen molar-refractivity contribution in [2.24, 2.45) is 11.8 Å². The molecule has 1 aromatic carbocycles. The molecule has 1 aromatic rings. The fourth-order valence-corrected chi connectivity index (χ4v) is 3.66. The van der Waals surface area contributed by atoms with Crippen LogP contribution in [0.15, 0.2) is 24.3 Å². The largest absolute Gasteiger partial charge is 0.454 e. The summed E-state index contributed by atoms with van der Waals surface area (Å²) in [4.78, 5) is 49.5. The van der Waals surface area contributed by atoms with E-state index < -0.39 is 31.6 Å². The summed E-state index contributed by atoms with van der Waals surface area (Å²) in [5, 5.41) is 2.30. The van der Waals surface area contributed by atoms with E-state index in [2.05, 4.69) is 10.1 Å². The van der Waals surface area contributed by atoms with Crippen molar-refractivity contribution in [2.45, 2.75) is 32.3 Å². The Balaban J connectivity index is 1.50. The zero-order valence-electron chi connectivity index (χ0n) is 15.4. The van der Waals surface area contributed by atoms with Gasteiger partial charge in [0, 0.05) is 0 Å². The molecular formula is C19H20F2N2O6. The van der Waals surface area contributed by atoms with E-state index in [-0.39, 0.29) is 35.1 Å². The Kier molecular flexibility index (Phi) is 6.40. The van der Waals surface area contributed by atoms with E-state index in [4.69, 9.17) is 4.74 Å². The van der Waals surface area contributed by atoms with Gasteiger partial charge in [-0.2, -0.15) is 8.78 Å². The van der Waals surface area contributed by atoms with Gasteiger partial charge < -0.3 is 14.8 Å². The number of carbonyl (C=O) groups excluding carboxylic acids is 4. The van der Waals surface area contributed by atoms with Gasteiger partial charge in [-0.3, -0.25) is 24.1 Å². The van der Waals surface area contributed by atoms with Gasteiger partial charge >= 0.3 is 12.6 Å². The van der Waals surface area contributed by atoms with E-state index in [1.54, 1.807) is 0 Å². The average Bonchev–Trinajstić information content (AvgIpc) is 2.93. The quantitative estimate of drug-likeness (QED) is 0.545. The second-order valence-corrected chi connectivity index (χ2v) is 6.84. The Labute approximate surface area is 165 Å². The molecule has 0 radical (unpaired) electrons. The third-order valence-electron chi connectivity index (χ3n) is 4.96. The van der Waals surface area contributed by atoms with Crippen LogP contribution in [0.5, 0.6) is 5.75 Å². The lowest BCUT2D eigenvalue weighted by atomic mass is 9.81. The Hall–Kier alpha value is -3.04. The summed E-state index contributed by atoms with van der Waals surface area (Å²) in [6.45, 7) is -4.32. The fraction of sp³-hybridized carbons (Fsp3) is 0.474. The average molecular weight is 410 g/mol. The van der Waals surface area contributed by atoms with Crippen molar-refractivity contribution in [3.05, 3.63) is 24.3 Å². The molecule has 29 heavy (non-hydrogen) atoms. The smallest absolute Gasteiger partial charge is 0.387 e. The monoisotopic (exact) mass is 410 g/mol. The maximum absolute atomic E-state index is 12.4. The van der Waals surface area contributed by atoms with Gasteiger partial charge in [-0.15, -0.1) is 0 Å². The minimum atomic E-state index is -3.06. The molecule has 0 spiro atoms. The Morgan fingerprint density at radius 3 is 2.34 bits per heavy atom. The molecule has 1 saturated heterocycles. The van der Waals surface area contributed by atoms with Crippen molar-refractivity contribution in [1.82, 2.24) is 4.90 Å². The number of para-hydroxylation sites is 2. The topological polar surface area (TPSA) is 102 Å². The Morgan fingerprint density at radius 2 is 1.72 bits per heavy atom. The molecule has 3 rings (SSSR count). The van der Waals surface area contributed by atoms with Crippen molar-refractivity contribution in [3.63, 3.8) is 0 Å². The summed E-state index contributed by atoms with van der Waals surface area (Å²) in [7, 11) is 0. The molecule has 156 valence electrons. The van der Waals surface area contributed by atoms with Gasteiger partial charge in [-0.25, -0.2) is 0 Å². The molecule has 3 amide bonds. The van der Waals surface area contributed by atoms with Crippen LogP contribution in [0.1, 0.15) is 25.7 Å². The predicted molar refractivity (Wildman–Crippen MR) is 94.8 cm³/mol. The zero-order chi connectivity index (χ0) is 21.0. The van der Waals surface area contributed by atoms with Crippen LogP contribution < -0.4 is 10.1 Å². The van der Waals surface area contributed by atoms with Crippen LogP contribution in [0.25, 0.3) is 0 Å². The first-order valence-corrected chi connectivity index (χ1v) is 9.21. The third-order valence-corrected chi connectivity index (χ3v) is 4.96. The highest BCUT2D eigenvalue weighted by Crippen LogP contribution is 2.37. The predicted octanol–water partition coefficient (Wildman–Crippen LogP) is 1.94. The number of halogens is 2. The number of ether oxygens (including phenoxy) is 2. The molecule has 2 atom stereocenters. The number of likely N-dealkylation sites (tertiary alicyclic amines) is 1. The number of alkyl halides is 2. The molecule has 1 aliphatic heterocycles. The second-order valence-electron chi connectivity index (χ2n) is 6.84. The number of anilines is 1. The lowest BCUT2D eigenvalue weighted by Crippen LogP contribution is -2.37. The number of imide groups is 1. The molecule has 1 N–H and O–H groups in total. The number of carbonyl (C=O) groups is 4. The first-order valence-electron chi connectivity index (χ1n) is 9.21. The molecule has 10 heteroatoms. The van der Waals surface area contributed by atoms with Crippen LogP contribution in [-0.2, 0) is 23.9 Å². The fourth-order valence-electron chi connectivity index (χ4n) is 3.66. The lowest BCUT2D eigenvalue weighted by molar-refractivity contribution is -0.154. The van der Waals surface area contributed by atoms with E-state index in [1.165, 1.54) is 24.3 Å². The summed E-state index contributed by atoms with van der Waals surface area (Å²) in [5.74, 6) is -3.43. The second kappa shape index (κ2) is 8.97. The molecule has 0 unspecified atom stereocenters. The van der Waals surface area contributed by atoms with Crippen LogP contribution in [0, 0.1) is 11.8 Å². The number of nitrogens with zero attached hydrogens (tertiary/aromatic N) is 1. The highest BCUT2D eigenvalue weighted by atomic mass is 19.3. The van der Waals surface area contributed by atoms with E-state index in [9.17, 15) is 28.0 Å². The SMILES string of the molecule is O=C(COC(=O)CN1C(=O)[C@@H]2CCCC[C@H]2C1=O)Nc1ccccc1OC(F)F. The van der Waals surface area contributed by atoms with Gasteiger partial charge in [0.15, 0.2) is 6.61 Å². The maximum atomic E-state index is 12.4. The Morgan fingerprint density at radius 1 is 1.10 bits per heavy atom. The molecule has 1 saturated carbocycles. The number of fused-ring (bicyclic) bond motifs is 1. The van der Waals surface area contributed by atoms with Crippen LogP contribution in [-0.4, -0.2) is 48.4 Å². The normalized spacial score (nSPS) is 21.1. The standard InChI is InChI=1S/C19H20F2N2O6/c20-19(21)29-14-8-4-3-7-13(14)22-15(24)10-28-16(25)9-23-17(26)11-5-1-2-6-12(11)18(23)27/h3-4,7-8,11-12,19H,1-2,5-6,9-10H2,(H,22,24)/t11-,12-/m1/s1. The number of esters is 1. The minimum Gasteiger partial charge on any atom is -0.454 e. The first kappa shape index (κ1) is 20.7. The van der Waals surface area contributed by atoms with E-state index >= 15 is 0 Å². The van der Waals surface area contributed by atoms with Crippen LogP contribution in [0.2, 0.25) is 0 Å². The lowest BCUT2D eigenvalue weighted by Gasteiger charge is -2.19. The summed E-state index contributed by atoms with van der Waals surface area (Å²) in [5.41, 5.74) is -0.0113. The molecular weight excluding hydrogens is 390 g/mol. The van der Waals surface area contributed by atoms with Crippen molar-refractivity contribution >= 4 is 29.4 Å². The maximum Gasteiger partial charge on any atom is 0.387 e. The van der Waals surface area contributed by atoms with Gasteiger partial charge in [-0.1, -0.05) is 25.0 Å². The molecule has 2 fully saturated rings. The summed E-state index contributed by atoms with van der Waals surface area (Å²) < 4.78 is 33.9. The molecule has 2 aliphatic rings. The summed E-state index contributed by atoms with van der Waals surface area (Å²) >= 11 is 0. The Bertz CT molecular complexity index is 792. The summed E-state index contributed by atoms with van der Waals surface area (Å²) in [6.07, 6.45) is 3.00. The van der Waals surface area contributed by atoms with E-state index in [0.717, 1.165) is 17.7 Å². The number of benzene rings is 1. The van der Waals surface area contributed by atoms with Gasteiger partial charge in [0.2, 0.25) is 11.8 Å². The third kappa shape index (κ3) is 4.87. The van der Waals surface area contributed by atoms with Gasteiger partial charge in [0.05, 0.1) is 17.5 Å². The zero-order valence-corrected chi connectivity index (χ0v) is 15.4. The van der Waals surface area contributed by atoms with Crippen molar-refractivity contribution < 1.29 is 37.4 Å². The van der Waals surface area contributed by atoms with E-state index in [1.807, 2.05) is 0 Å². The van der Waals surface area contributed by atoms with Crippen molar-refractivity contribution in [2.75, 3.05) is 18.5 Å². The number of amides is 3. The molecule has 8 nitrogen and oxygen atoms in total.